The first-order valence-electron chi connectivity index (χ1n) is 6.42. The lowest BCUT2D eigenvalue weighted by Gasteiger charge is -1.99. The maximum atomic E-state index is 10.2. The fourth-order valence-corrected chi connectivity index (χ4v) is 2.38. The van der Waals surface area contributed by atoms with Crippen LogP contribution in [0.25, 0.3) is 10.9 Å². The average molecular weight is 265 g/mol. The number of fused-ring (bicyclic) bond motifs is 1. The third-order valence-corrected chi connectivity index (χ3v) is 3.38. The Balaban J connectivity index is 2.15. The molecule has 0 radical (unpaired) electrons. The van der Waals surface area contributed by atoms with Crippen molar-refractivity contribution in [2.24, 2.45) is 17.3 Å². The summed E-state index contributed by atoms with van der Waals surface area (Å²) in [5.74, 6) is 0.133. The van der Waals surface area contributed by atoms with Gasteiger partial charge >= 0.3 is 0 Å². The Kier molecular flexibility index (Phi) is 2.99. The fourth-order valence-electron chi connectivity index (χ4n) is 2.38. The monoisotopic (exact) mass is 265 g/mol. The SMILES string of the molecule is Cc1cccc2c(N=Nc3ccccc3)c(O)n(C)c12. The number of aryl methyl sites for hydroxylation is 2. The number of rotatable bonds is 2. The molecule has 1 heterocycles. The van der Waals surface area contributed by atoms with E-state index < -0.39 is 0 Å². The number of hydrogen-bond donors (Lipinski definition) is 1. The molecule has 0 saturated carbocycles. The van der Waals surface area contributed by atoms with Crippen LogP contribution in [-0.4, -0.2) is 9.67 Å². The highest BCUT2D eigenvalue weighted by Crippen LogP contribution is 2.39. The Labute approximate surface area is 117 Å². The van der Waals surface area contributed by atoms with Crippen LogP contribution in [0.1, 0.15) is 5.56 Å². The first-order chi connectivity index (χ1) is 9.68. The van der Waals surface area contributed by atoms with E-state index in [0.717, 1.165) is 22.2 Å². The molecule has 100 valence electrons. The molecule has 0 saturated heterocycles. The maximum Gasteiger partial charge on any atom is 0.220 e. The first-order valence-corrected chi connectivity index (χ1v) is 6.42. The number of benzene rings is 2. The second-order valence-corrected chi connectivity index (χ2v) is 4.74. The van der Waals surface area contributed by atoms with Gasteiger partial charge in [-0.25, -0.2) is 0 Å². The van der Waals surface area contributed by atoms with Crippen LogP contribution in [0.3, 0.4) is 0 Å². The van der Waals surface area contributed by atoms with E-state index in [9.17, 15) is 5.11 Å². The molecule has 2 aromatic carbocycles. The van der Waals surface area contributed by atoms with Crippen LogP contribution < -0.4 is 0 Å². The molecular weight excluding hydrogens is 250 g/mol. The lowest BCUT2D eigenvalue weighted by atomic mass is 10.1. The first kappa shape index (κ1) is 12.4. The minimum absolute atomic E-state index is 0.133. The van der Waals surface area contributed by atoms with Crippen molar-refractivity contribution in [2.75, 3.05) is 0 Å². The molecule has 3 rings (SSSR count). The van der Waals surface area contributed by atoms with Crippen molar-refractivity contribution in [3.8, 4) is 5.88 Å². The molecule has 0 amide bonds. The molecular formula is C16H15N3O. The fraction of sp³-hybridized carbons (Fsp3) is 0.125. The summed E-state index contributed by atoms with van der Waals surface area (Å²) < 4.78 is 1.74. The second kappa shape index (κ2) is 4.81. The van der Waals surface area contributed by atoms with Crippen molar-refractivity contribution in [1.82, 2.24) is 4.57 Å². The molecule has 1 N–H and O–H groups in total. The Hall–Kier alpha value is -2.62. The summed E-state index contributed by atoms with van der Waals surface area (Å²) in [5, 5.41) is 19.5. The lowest BCUT2D eigenvalue weighted by molar-refractivity contribution is 0.436. The molecule has 0 atom stereocenters. The van der Waals surface area contributed by atoms with Crippen LogP contribution in [0.5, 0.6) is 5.88 Å². The van der Waals surface area contributed by atoms with Gasteiger partial charge in [0.05, 0.1) is 11.2 Å². The van der Waals surface area contributed by atoms with Gasteiger partial charge in [-0.15, -0.1) is 5.11 Å². The van der Waals surface area contributed by atoms with Crippen molar-refractivity contribution >= 4 is 22.3 Å². The van der Waals surface area contributed by atoms with Crippen LogP contribution in [0.2, 0.25) is 0 Å². The van der Waals surface area contributed by atoms with E-state index in [-0.39, 0.29) is 5.88 Å². The van der Waals surface area contributed by atoms with E-state index in [1.54, 1.807) is 4.57 Å². The largest absolute Gasteiger partial charge is 0.493 e. The zero-order valence-corrected chi connectivity index (χ0v) is 11.4. The molecule has 4 nitrogen and oxygen atoms in total. The van der Waals surface area contributed by atoms with Gasteiger partial charge < -0.3 is 9.67 Å². The number of aromatic hydroxyl groups is 1. The minimum Gasteiger partial charge on any atom is -0.493 e. The third-order valence-electron chi connectivity index (χ3n) is 3.38. The average Bonchev–Trinajstić information content (AvgIpc) is 2.71. The molecule has 3 aromatic rings. The Morgan fingerprint density at radius 1 is 0.950 bits per heavy atom. The van der Waals surface area contributed by atoms with Gasteiger partial charge in [-0.3, -0.25) is 0 Å². The topological polar surface area (TPSA) is 49.9 Å². The quantitative estimate of drug-likeness (QED) is 0.676. The molecule has 4 heteroatoms. The van der Waals surface area contributed by atoms with Crippen LogP contribution in [-0.2, 0) is 7.05 Å². The van der Waals surface area contributed by atoms with E-state index in [1.165, 1.54) is 0 Å². The summed E-state index contributed by atoms with van der Waals surface area (Å²) in [6.45, 7) is 2.01. The van der Waals surface area contributed by atoms with Gasteiger partial charge in [0.25, 0.3) is 0 Å². The molecule has 0 spiro atoms. The Morgan fingerprint density at radius 3 is 2.45 bits per heavy atom. The third kappa shape index (κ3) is 1.95. The molecule has 20 heavy (non-hydrogen) atoms. The van der Waals surface area contributed by atoms with Gasteiger partial charge in [-0.05, 0) is 24.6 Å². The summed E-state index contributed by atoms with van der Waals surface area (Å²) in [4.78, 5) is 0. The smallest absolute Gasteiger partial charge is 0.220 e. The van der Waals surface area contributed by atoms with E-state index >= 15 is 0 Å². The molecule has 0 fully saturated rings. The van der Waals surface area contributed by atoms with E-state index in [0.29, 0.717) is 5.69 Å². The number of para-hydroxylation sites is 1. The highest BCUT2D eigenvalue weighted by molar-refractivity contribution is 5.96. The van der Waals surface area contributed by atoms with Crippen molar-refractivity contribution in [3.63, 3.8) is 0 Å². The zero-order valence-electron chi connectivity index (χ0n) is 11.4. The predicted molar refractivity (Wildman–Crippen MR) is 79.9 cm³/mol. The van der Waals surface area contributed by atoms with Gasteiger partial charge in [0, 0.05) is 12.4 Å². The van der Waals surface area contributed by atoms with E-state index in [2.05, 4.69) is 10.2 Å². The Bertz CT molecular complexity index is 788. The van der Waals surface area contributed by atoms with Gasteiger partial charge in [-0.1, -0.05) is 36.4 Å². The lowest BCUT2D eigenvalue weighted by Crippen LogP contribution is -1.87. The molecule has 0 bridgehead atoms. The molecule has 0 aliphatic rings. The minimum atomic E-state index is 0.133. The van der Waals surface area contributed by atoms with Crippen LogP contribution in [0.15, 0.2) is 58.8 Å². The maximum absolute atomic E-state index is 10.2. The highest BCUT2D eigenvalue weighted by atomic mass is 16.3. The summed E-state index contributed by atoms with van der Waals surface area (Å²) in [6.07, 6.45) is 0. The molecule has 0 aliphatic carbocycles. The summed E-state index contributed by atoms with van der Waals surface area (Å²) >= 11 is 0. The molecule has 0 aliphatic heterocycles. The van der Waals surface area contributed by atoms with E-state index in [1.807, 2.05) is 62.5 Å². The Morgan fingerprint density at radius 2 is 1.70 bits per heavy atom. The van der Waals surface area contributed by atoms with Crippen LogP contribution in [0.4, 0.5) is 11.4 Å². The van der Waals surface area contributed by atoms with Crippen molar-refractivity contribution < 1.29 is 5.11 Å². The number of hydrogen-bond acceptors (Lipinski definition) is 3. The van der Waals surface area contributed by atoms with Gasteiger partial charge in [0.1, 0.15) is 0 Å². The summed E-state index contributed by atoms with van der Waals surface area (Å²) in [5.41, 5.74) is 3.35. The van der Waals surface area contributed by atoms with Crippen molar-refractivity contribution in [2.45, 2.75) is 6.92 Å². The molecule has 0 unspecified atom stereocenters. The standard InChI is InChI=1S/C16H15N3O/c1-11-7-6-10-13-14(16(20)19(2)15(11)13)18-17-12-8-4-3-5-9-12/h3-10,20H,1-2H3. The summed E-state index contributed by atoms with van der Waals surface area (Å²) in [6, 6.07) is 15.4. The van der Waals surface area contributed by atoms with Crippen molar-refractivity contribution in [3.05, 3.63) is 54.1 Å². The van der Waals surface area contributed by atoms with Crippen LogP contribution in [0, 0.1) is 6.92 Å². The highest BCUT2D eigenvalue weighted by Gasteiger charge is 2.15. The molecule has 1 aromatic heterocycles. The van der Waals surface area contributed by atoms with Gasteiger partial charge in [0.15, 0.2) is 5.69 Å². The van der Waals surface area contributed by atoms with E-state index in [4.69, 9.17) is 0 Å². The number of nitrogens with zero attached hydrogens (tertiary/aromatic N) is 3. The summed E-state index contributed by atoms with van der Waals surface area (Å²) in [7, 11) is 1.83. The zero-order chi connectivity index (χ0) is 14.1. The predicted octanol–water partition coefficient (Wildman–Crippen LogP) is 4.61. The van der Waals surface area contributed by atoms with Crippen molar-refractivity contribution in [1.29, 1.82) is 0 Å². The van der Waals surface area contributed by atoms with Gasteiger partial charge in [-0.2, -0.15) is 5.11 Å². The second-order valence-electron chi connectivity index (χ2n) is 4.74. The van der Waals surface area contributed by atoms with Gasteiger partial charge in [0.2, 0.25) is 5.88 Å². The normalized spacial score (nSPS) is 11.5. The van der Waals surface area contributed by atoms with Crippen LogP contribution >= 0.6 is 0 Å². The number of azo groups is 1. The number of aromatic nitrogens is 1.